The summed E-state index contributed by atoms with van der Waals surface area (Å²) < 4.78 is 60.0. The molecule has 0 amide bonds. The van der Waals surface area contributed by atoms with E-state index in [2.05, 4.69) is 9.47 Å². The number of benzene rings is 2. The number of carbonyl (C=O) groups is 1. The number of halogens is 4. The van der Waals surface area contributed by atoms with Crippen molar-refractivity contribution in [3.05, 3.63) is 59.2 Å². The van der Waals surface area contributed by atoms with Gasteiger partial charge in [-0.15, -0.1) is 0 Å². The van der Waals surface area contributed by atoms with Crippen LogP contribution in [0.4, 0.5) is 17.6 Å². The molecule has 1 heterocycles. The van der Waals surface area contributed by atoms with Crippen LogP contribution in [0.25, 0.3) is 0 Å². The van der Waals surface area contributed by atoms with E-state index in [1.807, 2.05) is 24.3 Å². The van der Waals surface area contributed by atoms with Crippen molar-refractivity contribution in [2.45, 2.75) is 19.8 Å². The SMILES string of the molecule is NC1=[N+](CC(=O)c2ccc(OC(F)F)cc2OC(F)F)Cc2ccccc21. The van der Waals surface area contributed by atoms with Crippen molar-refractivity contribution in [1.29, 1.82) is 0 Å². The lowest BCUT2D eigenvalue weighted by molar-refractivity contribution is -0.526. The number of rotatable bonds is 7. The number of alkyl halides is 4. The highest BCUT2D eigenvalue weighted by Gasteiger charge is 2.27. The molecular formula is C18H15F4N2O3+. The monoisotopic (exact) mass is 383 g/mol. The zero-order valence-electron chi connectivity index (χ0n) is 13.9. The number of nitrogens with zero attached hydrogens (tertiary/aromatic N) is 1. The van der Waals surface area contributed by atoms with Gasteiger partial charge in [-0.1, -0.05) is 18.2 Å². The first-order valence-electron chi connectivity index (χ1n) is 7.87. The lowest BCUT2D eigenvalue weighted by Crippen LogP contribution is -2.28. The highest BCUT2D eigenvalue weighted by atomic mass is 19.3. The molecule has 0 fully saturated rings. The highest BCUT2D eigenvalue weighted by Crippen LogP contribution is 2.28. The molecular weight excluding hydrogens is 368 g/mol. The van der Waals surface area contributed by atoms with Gasteiger partial charge in [0.15, 0.2) is 0 Å². The highest BCUT2D eigenvalue weighted by molar-refractivity contribution is 6.01. The number of carbonyl (C=O) groups excluding carboxylic acids is 1. The molecule has 0 bridgehead atoms. The van der Waals surface area contributed by atoms with Crippen molar-refractivity contribution >= 4 is 11.6 Å². The molecule has 2 N–H and O–H groups in total. The van der Waals surface area contributed by atoms with Crippen LogP contribution in [0.2, 0.25) is 0 Å². The number of Topliss-reactive ketones (excluding diaryl/α,β-unsaturated/α-hetero) is 1. The Kier molecular flexibility index (Phi) is 5.29. The van der Waals surface area contributed by atoms with Crippen LogP contribution in [0.3, 0.4) is 0 Å². The maximum absolute atomic E-state index is 12.6. The quantitative estimate of drug-likeness (QED) is 0.454. The van der Waals surface area contributed by atoms with E-state index in [4.69, 9.17) is 5.73 Å². The van der Waals surface area contributed by atoms with Crippen LogP contribution in [0.15, 0.2) is 42.5 Å². The Labute approximate surface area is 151 Å². The molecule has 2 aromatic carbocycles. The molecule has 3 rings (SSSR count). The Balaban J connectivity index is 1.85. The zero-order valence-corrected chi connectivity index (χ0v) is 13.9. The molecule has 0 unspecified atom stereocenters. The van der Waals surface area contributed by atoms with Gasteiger partial charge in [-0.25, -0.2) is 4.58 Å². The minimum atomic E-state index is -3.23. The Hall–Kier alpha value is -3.10. The van der Waals surface area contributed by atoms with E-state index in [1.165, 1.54) is 0 Å². The predicted octanol–water partition coefficient (Wildman–Crippen LogP) is 3.00. The Bertz CT molecular complexity index is 900. The molecule has 0 radical (unpaired) electrons. The fourth-order valence-electron chi connectivity index (χ4n) is 2.87. The van der Waals surface area contributed by atoms with Crippen molar-refractivity contribution in [2.75, 3.05) is 6.54 Å². The Morgan fingerprint density at radius 2 is 1.78 bits per heavy atom. The van der Waals surface area contributed by atoms with Crippen molar-refractivity contribution in [3.63, 3.8) is 0 Å². The molecule has 5 nitrogen and oxygen atoms in total. The van der Waals surface area contributed by atoms with Gasteiger partial charge in [-0.2, -0.15) is 17.6 Å². The molecule has 0 saturated heterocycles. The summed E-state index contributed by atoms with van der Waals surface area (Å²) in [4.78, 5) is 12.6. The molecule has 0 saturated carbocycles. The van der Waals surface area contributed by atoms with Gasteiger partial charge in [-0.3, -0.25) is 10.5 Å². The first-order chi connectivity index (χ1) is 12.8. The molecule has 0 spiro atoms. The molecule has 1 aliphatic heterocycles. The lowest BCUT2D eigenvalue weighted by atomic mass is 10.1. The van der Waals surface area contributed by atoms with E-state index in [0.717, 1.165) is 29.3 Å². The summed E-state index contributed by atoms with van der Waals surface area (Å²) in [6.07, 6.45) is 0. The summed E-state index contributed by atoms with van der Waals surface area (Å²) in [6.45, 7) is -6.16. The second-order valence-electron chi connectivity index (χ2n) is 5.74. The fraction of sp³-hybridized carbons (Fsp3) is 0.222. The Morgan fingerprint density at radius 1 is 1.07 bits per heavy atom. The Morgan fingerprint density at radius 3 is 2.44 bits per heavy atom. The second-order valence-corrected chi connectivity index (χ2v) is 5.74. The summed E-state index contributed by atoms with van der Waals surface area (Å²) in [6, 6.07) is 10.4. The van der Waals surface area contributed by atoms with Crippen molar-refractivity contribution in [3.8, 4) is 11.5 Å². The fourth-order valence-corrected chi connectivity index (χ4v) is 2.87. The number of hydrogen-bond acceptors (Lipinski definition) is 4. The summed E-state index contributed by atoms with van der Waals surface area (Å²) >= 11 is 0. The molecule has 1 aliphatic rings. The summed E-state index contributed by atoms with van der Waals surface area (Å²) in [5.74, 6) is -1.08. The lowest BCUT2D eigenvalue weighted by Gasteiger charge is -2.12. The minimum Gasteiger partial charge on any atom is -0.435 e. The number of hydrogen-bond donors (Lipinski definition) is 1. The molecule has 27 heavy (non-hydrogen) atoms. The summed E-state index contributed by atoms with van der Waals surface area (Å²) in [7, 11) is 0. The smallest absolute Gasteiger partial charge is 0.387 e. The van der Waals surface area contributed by atoms with Crippen LogP contribution in [0, 0.1) is 0 Å². The molecule has 0 aromatic heterocycles. The number of ketones is 1. The topological polar surface area (TPSA) is 64.6 Å². The van der Waals surface area contributed by atoms with E-state index < -0.39 is 30.5 Å². The van der Waals surface area contributed by atoms with E-state index >= 15 is 0 Å². The van der Waals surface area contributed by atoms with Crippen molar-refractivity contribution in [1.82, 2.24) is 0 Å². The number of amidine groups is 1. The van der Waals surface area contributed by atoms with Gasteiger partial charge in [0, 0.05) is 11.6 Å². The van der Waals surface area contributed by atoms with E-state index in [1.54, 1.807) is 4.58 Å². The van der Waals surface area contributed by atoms with Gasteiger partial charge in [0.25, 0.3) is 5.84 Å². The second kappa shape index (κ2) is 7.65. The van der Waals surface area contributed by atoms with Gasteiger partial charge in [0.2, 0.25) is 5.78 Å². The van der Waals surface area contributed by atoms with Crippen molar-refractivity contribution in [2.24, 2.45) is 5.73 Å². The predicted molar refractivity (Wildman–Crippen MR) is 87.6 cm³/mol. The first-order valence-corrected chi connectivity index (χ1v) is 7.87. The van der Waals surface area contributed by atoms with Gasteiger partial charge >= 0.3 is 13.2 Å². The maximum atomic E-state index is 12.6. The van der Waals surface area contributed by atoms with E-state index in [9.17, 15) is 22.4 Å². The molecule has 9 heteroatoms. The van der Waals surface area contributed by atoms with Crippen molar-refractivity contribution < 1.29 is 36.4 Å². The van der Waals surface area contributed by atoms with Crippen LogP contribution in [0.5, 0.6) is 11.5 Å². The average molecular weight is 383 g/mol. The van der Waals surface area contributed by atoms with Crippen LogP contribution >= 0.6 is 0 Å². The van der Waals surface area contributed by atoms with E-state index in [-0.39, 0.29) is 12.1 Å². The van der Waals surface area contributed by atoms with E-state index in [0.29, 0.717) is 12.4 Å². The van der Waals surface area contributed by atoms with Crippen LogP contribution in [0.1, 0.15) is 21.5 Å². The number of ether oxygens (including phenoxy) is 2. The normalized spacial score (nSPS) is 13.3. The minimum absolute atomic E-state index is 0.180. The standard InChI is InChI=1S/C18H14F4N2O3/c19-17(20)26-11-5-6-13(15(7-11)27-18(21)22)14(25)9-24-8-10-3-1-2-4-12(10)16(24)23/h1-7,17-18,23H,8-9H2/p+1. The number of nitrogens with two attached hydrogens (primary N) is 1. The largest absolute Gasteiger partial charge is 0.435 e. The third-order valence-corrected chi connectivity index (χ3v) is 4.02. The molecule has 0 atom stereocenters. The summed E-state index contributed by atoms with van der Waals surface area (Å²) in [5, 5.41) is 0. The summed E-state index contributed by atoms with van der Waals surface area (Å²) in [5.41, 5.74) is 7.61. The molecule has 0 aliphatic carbocycles. The van der Waals surface area contributed by atoms with Gasteiger partial charge in [-0.05, 0) is 18.2 Å². The molecule has 2 aromatic rings. The zero-order chi connectivity index (χ0) is 19.6. The van der Waals surface area contributed by atoms with Gasteiger partial charge in [0.1, 0.15) is 24.6 Å². The van der Waals surface area contributed by atoms with Crippen LogP contribution in [-0.4, -0.2) is 36.0 Å². The number of fused-ring (bicyclic) bond motifs is 1. The maximum Gasteiger partial charge on any atom is 0.387 e. The average Bonchev–Trinajstić information content (AvgIpc) is 2.90. The van der Waals surface area contributed by atoms with Crippen LogP contribution < -0.4 is 15.2 Å². The van der Waals surface area contributed by atoms with Gasteiger partial charge in [0.05, 0.1) is 11.1 Å². The molecule has 142 valence electrons. The third kappa shape index (κ3) is 4.18. The third-order valence-electron chi connectivity index (χ3n) is 4.02. The first kappa shape index (κ1) is 18.7. The van der Waals surface area contributed by atoms with Crippen LogP contribution in [-0.2, 0) is 6.54 Å². The van der Waals surface area contributed by atoms with Gasteiger partial charge < -0.3 is 9.47 Å².